The van der Waals surface area contributed by atoms with E-state index in [-0.39, 0.29) is 10.6 Å². The Morgan fingerprint density at radius 1 is 1.27 bits per heavy atom. The number of nitrogens with zero attached hydrogens (tertiary/aromatic N) is 3. The molecule has 0 unspecified atom stereocenters. The summed E-state index contributed by atoms with van der Waals surface area (Å²) in [5, 5.41) is 10.8. The summed E-state index contributed by atoms with van der Waals surface area (Å²) in [6, 6.07) is 9.92. The van der Waals surface area contributed by atoms with Crippen LogP contribution in [0.4, 0.5) is 4.39 Å². The average Bonchev–Trinajstić information content (AvgIpc) is 3.15. The topological polar surface area (TPSA) is 59.1 Å². The molecule has 7 heteroatoms. The molecule has 0 radical (unpaired) electrons. The zero-order chi connectivity index (χ0) is 15.4. The molecule has 0 bridgehead atoms. The van der Waals surface area contributed by atoms with Crippen LogP contribution >= 0.6 is 12.2 Å². The Kier molecular flexibility index (Phi) is 4.06. The van der Waals surface area contributed by atoms with Gasteiger partial charge >= 0.3 is 0 Å². The molecule has 22 heavy (non-hydrogen) atoms. The van der Waals surface area contributed by atoms with Crippen molar-refractivity contribution < 1.29 is 8.81 Å². The van der Waals surface area contributed by atoms with Gasteiger partial charge in [0.15, 0.2) is 5.82 Å². The second-order valence-electron chi connectivity index (χ2n) is 4.28. The summed E-state index contributed by atoms with van der Waals surface area (Å²) in [5.41, 5.74) is 0.321. The van der Waals surface area contributed by atoms with Gasteiger partial charge in [-0.1, -0.05) is 12.1 Å². The minimum atomic E-state index is -0.390. The molecule has 0 saturated heterocycles. The van der Waals surface area contributed by atoms with E-state index in [1.807, 2.05) is 6.07 Å². The molecule has 0 aliphatic carbocycles. The first-order valence-corrected chi connectivity index (χ1v) is 6.83. The van der Waals surface area contributed by atoms with Crippen LogP contribution in [0.3, 0.4) is 0 Å². The molecule has 1 aromatic carbocycles. The zero-order valence-electron chi connectivity index (χ0n) is 11.3. The van der Waals surface area contributed by atoms with Crippen molar-refractivity contribution in [3.63, 3.8) is 0 Å². The van der Waals surface area contributed by atoms with Crippen LogP contribution in [0.1, 0.15) is 5.76 Å². The number of H-pyrrole nitrogens is 1. The maximum Gasteiger partial charge on any atom is 0.216 e. The number of rotatable bonds is 4. The molecule has 0 spiro atoms. The molecule has 0 aliphatic rings. The van der Waals surface area contributed by atoms with Crippen molar-refractivity contribution in [1.82, 2.24) is 14.9 Å². The number of aromatic nitrogens is 3. The van der Waals surface area contributed by atoms with Crippen LogP contribution < -0.4 is 0 Å². The first kappa shape index (κ1) is 14.2. The fourth-order valence-electron chi connectivity index (χ4n) is 1.84. The Balaban J connectivity index is 1.90. The van der Waals surface area contributed by atoms with Crippen molar-refractivity contribution >= 4 is 24.5 Å². The molecular formula is C15H11FN4OS. The van der Waals surface area contributed by atoms with Crippen molar-refractivity contribution in [3.8, 4) is 11.4 Å². The van der Waals surface area contributed by atoms with Crippen LogP contribution in [0.25, 0.3) is 17.5 Å². The molecule has 2 heterocycles. The van der Waals surface area contributed by atoms with E-state index in [0.29, 0.717) is 17.1 Å². The maximum absolute atomic E-state index is 13.9. The van der Waals surface area contributed by atoms with Gasteiger partial charge in [0.1, 0.15) is 11.6 Å². The fourth-order valence-corrected chi connectivity index (χ4v) is 2.02. The van der Waals surface area contributed by atoms with Crippen LogP contribution in [0.5, 0.6) is 0 Å². The fraction of sp³-hybridized carbons (Fsp3) is 0. The van der Waals surface area contributed by atoms with Crippen molar-refractivity contribution in [1.29, 1.82) is 0 Å². The first-order valence-electron chi connectivity index (χ1n) is 6.42. The smallest absolute Gasteiger partial charge is 0.216 e. The number of hydrogen-bond donors (Lipinski definition) is 1. The van der Waals surface area contributed by atoms with E-state index in [4.69, 9.17) is 16.6 Å². The van der Waals surface area contributed by atoms with Crippen LogP contribution in [0, 0.1) is 10.6 Å². The minimum Gasteiger partial charge on any atom is -0.465 e. The molecule has 0 aliphatic heterocycles. The normalized spacial score (nSPS) is 11.7. The highest BCUT2D eigenvalue weighted by Gasteiger charge is 2.11. The molecule has 5 nitrogen and oxygen atoms in total. The number of hydrogen-bond acceptors (Lipinski definition) is 4. The number of nitrogens with one attached hydrogen (secondary N) is 1. The third kappa shape index (κ3) is 2.94. The molecule has 1 N–H and O–H groups in total. The maximum atomic E-state index is 13.9. The quantitative estimate of drug-likeness (QED) is 0.587. The second-order valence-corrected chi connectivity index (χ2v) is 4.67. The van der Waals surface area contributed by atoms with Gasteiger partial charge in [-0.25, -0.2) is 9.49 Å². The molecular weight excluding hydrogens is 303 g/mol. The van der Waals surface area contributed by atoms with E-state index in [1.54, 1.807) is 42.7 Å². The third-order valence-electron chi connectivity index (χ3n) is 2.84. The summed E-state index contributed by atoms with van der Waals surface area (Å²) >= 11 is 5.11. The van der Waals surface area contributed by atoms with Gasteiger partial charge < -0.3 is 4.42 Å². The Labute approximate surface area is 130 Å². The zero-order valence-corrected chi connectivity index (χ0v) is 12.1. The van der Waals surface area contributed by atoms with Crippen molar-refractivity contribution in [3.05, 3.63) is 65.1 Å². The lowest BCUT2D eigenvalue weighted by atomic mass is 10.2. The van der Waals surface area contributed by atoms with Crippen LogP contribution in [-0.4, -0.2) is 21.1 Å². The highest BCUT2D eigenvalue weighted by Crippen LogP contribution is 2.20. The lowest BCUT2D eigenvalue weighted by Gasteiger charge is -2.01. The van der Waals surface area contributed by atoms with Crippen LogP contribution in [0.15, 0.2) is 58.3 Å². The molecule has 0 atom stereocenters. The molecule has 2 aromatic heterocycles. The summed E-state index contributed by atoms with van der Waals surface area (Å²) in [4.78, 5) is 0. The molecule has 0 saturated carbocycles. The predicted octanol–water partition coefficient (Wildman–Crippen LogP) is 3.89. The number of halogens is 1. The van der Waals surface area contributed by atoms with E-state index in [9.17, 15) is 4.39 Å². The Morgan fingerprint density at radius 3 is 2.91 bits per heavy atom. The summed E-state index contributed by atoms with van der Waals surface area (Å²) in [5.74, 6) is 0.626. The number of furan rings is 1. The standard InChI is InChI=1S/C15H11FN4OS/c16-13-8-2-1-7-12(13)14-18-19-15(22)20(14)17-9-3-5-11-6-4-10-21-11/h1-10H,(H,19,22)/b5-3+,17-9+. The highest BCUT2D eigenvalue weighted by atomic mass is 32.1. The summed E-state index contributed by atoms with van der Waals surface area (Å²) < 4.78 is 20.7. The Hall–Kier alpha value is -2.80. The van der Waals surface area contributed by atoms with Gasteiger partial charge in [-0.3, -0.25) is 0 Å². The lowest BCUT2D eigenvalue weighted by molar-refractivity contribution is 0.557. The van der Waals surface area contributed by atoms with Crippen molar-refractivity contribution in [2.45, 2.75) is 0 Å². The van der Waals surface area contributed by atoms with E-state index in [0.717, 1.165) is 0 Å². The van der Waals surface area contributed by atoms with Gasteiger partial charge in [-0.15, -0.1) is 0 Å². The number of benzene rings is 1. The SMILES string of the molecule is Fc1ccccc1-c1n[nH]c(=S)n1/N=C/C=C/c1ccco1. The van der Waals surface area contributed by atoms with E-state index in [1.165, 1.54) is 17.0 Å². The second kappa shape index (κ2) is 6.31. The van der Waals surface area contributed by atoms with Crippen LogP contribution in [0.2, 0.25) is 0 Å². The monoisotopic (exact) mass is 314 g/mol. The Bertz CT molecular complexity index is 877. The van der Waals surface area contributed by atoms with Gasteiger partial charge in [-0.2, -0.15) is 14.9 Å². The van der Waals surface area contributed by atoms with Crippen LogP contribution in [-0.2, 0) is 0 Å². The molecule has 0 fully saturated rings. The molecule has 3 aromatic rings. The highest BCUT2D eigenvalue weighted by molar-refractivity contribution is 7.71. The molecule has 110 valence electrons. The van der Waals surface area contributed by atoms with Gasteiger partial charge in [-0.05, 0) is 48.6 Å². The Morgan fingerprint density at radius 2 is 2.14 bits per heavy atom. The summed E-state index contributed by atoms with van der Waals surface area (Å²) in [6.45, 7) is 0. The summed E-state index contributed by atoms with van der Waals surface area (Å²) in [6.07, 6.45) is 6.55. The lowest BCUT2D eigenvalue weighted by Crippen LogP contribution is -1.95. The van der Waals surface area contributed by atoms with Gasteiger partial charge in [0.05, 0.1) is 11.8 Å². The molecule has 3 rings (SSSR count). The first-order chi connectivity index (χ1) is 10.8. The van der Waals surface area contributed by atoms with E-state index < -0.39 is 0 Å². The van der Waals surface area contributed by atoms with E-state index in [2.05, 4.69) is 15.3 Å². The summed E-state index contributed by atoms with van der Waals surface area (Å²) in [7, 11) is 0. The number of allylic oxidation sites excluding steroid dienone is 1. The van der Waals surface area contributed by atoms with Gasteiger partial charge in [0, 0.05) is 6.21 Å². The average molecular weight is 314 g/mol. The minimum absolute atomic E-state index is 0.279. The third-order valence-corrected chi connectivity index (χ3v) is 3.10. The van der Waals surface area contributed by atoms with Crippen molar-refractivity contribution in [2.75, 3.05) is 0 Å². The van der Waals surface area contributed by atoms with Gasteiger partial charge in [0.2, 0.25) is 4.77 Å². The largest absolute Gasteiger partial charge is 0.465 e. The molecule has 0 amide bonds. The predicted molar refractivity (Wildman–Crippen MR) is 84.4 cm³/mol. The van der Waals surface area contributed by atoms with E-state index >= 15 is 0 Å². The van der Waals surface area contributed by atoms with Crippen molar-refractivity contribution in [2.24, 2.45) is 5.10 Å². The number of aromatic amines is 1. The van der Waals surface area contributed by atoms with Gasteiger partial charge in [0.25, 0.3) is 0 Å².